The van der Waals surface area contributed by atoms with Crippen LogP contribution < -0.4 is 11.5 Å². The molecule has 4 heteroatoms. The molecule has 1 rings (SSSR count). The minimum atomic E-state index is -0.625. The Morgan fingerprint density at radius 3 is 1.43 bits per heavy atom. The van der Waals surface area contributed by atoms with E-state index >= 15 is 0 Å². The number of hydrogen-bond acceptors (Lipinski definition) is 2. The number of amides is 2. The topological polar surface area (TPSA) is 86.2 Å². The number of primary amides is 2. The van der Waals surface area contributed by atoms with Gasteiger partial charge in [0, 0.05) is 0 Å². The Labute approximate surface area is 81.9 Å². The fraction of sp³-hybridized carbons (Fsp3) is 0.200. The molecule has 0 spiro atoms. The standard InChI is InChI=1S/C10H12N2O2/c1-5-3-4-6(2)8(10(12)14)7(5)9(11)13/h3-4H,1-2H3,(H2,11,13)(H2,12,14). The first-order valence-electron chi connectivity index (χ1n) is 4.15. The summed E-state index contributed by atoms with van der Waals surface area (Å²) in [6.07, 6.45) is 0. The van der Waals surface area contributed by atoms with Gasteiger partial charge in [-0.05, 0) is 25.0 Å². The van der Waals surface area contributed by atoms with E-state index in [1.54, 1.807) is 26.0 Å². The lowest BCUT2D eigenvalue weighted by Crippen LogP contribution is -2.23. The molecule has 74 valence electrons. The second-order valence-corrected chi connectivity index (χ2v) is 3.18. The van der Waals surface area contributed by atoms with Gasteiger partial charge in [0.15, 0.2) is 0 Å². The summed E-state index contributed by atoms with van der Waals surface area (Å²) in [5, 5.41) is 0. The zero-order valence-corrected chi connectivity index (χ0v) is 8.13. The summed E-state index contributed by atoms with van der Waals surface area (Å²) in [6.45, 7) is 3.43. The van der Waals surface area contributed by atoms with Gasteiger partial charge in [0.2, 0.25) is 11.8 Å². The third kappa shape index (κ3) is 1.59. The highest BCUT2D eigenvalue weighted by Gasteiger charge is 2.17. The monoisotopic (exact) mass is 192 g/mol. The molecule has 0 aromatic heterocycles. The van der Waals surface area contributed by atoms with Gasteiger partial charge >= 0.3 is 0 Å². The van der Waals surface area contributed by atoms with E-state index in [0.29, 0.717) is 11.1 Å². The number of hydrogen-bond donors (Lipinski definition) is 2. The average molecular weight is 192 g/mol. The molecular formula is C10H12N2O2. The first-order valence-corrected chi connectivity index (χ1v) is 4.15. The molecule has 0 aliphatic heterocycles. The fourth-order valence-corrected chi connectivity index (χ4v) is 1.45. The Kier molecular flexibility index (Phi) is 2.56. The zero-order valence-electron chi connectivity index (χ0n) is 8.13. The number of benzene rings is 1. The molecule has 0 bridgehead atoms. The highest BCUT2D eigenvalue weighted by atomic mass is 16.2. The molecule has 0 unspecified atom stereocenters. The Morgan fingerprint density at radius 1 is 0.929 bits per heavy atom. The summed E-state index contributed by atoms with van der Waals surface area (Å²) in [5.74, 6) is -1.25. The van der Waals surface area contributed by atoms with Gasteiger partial charge in [0.25, 0.3) is 0 Å². The van der Waals surface area contributed by atoms with Crippen LogP contribution in [0.25, 0.3) is 0 Å². The molecule has 0 aliphatic rings. The Hall–Kier alpha value is -1.84. The lowest BCUT2D eigenvalue weighted by atomic mass is 9.96. The van der Waals surface area contributed by atoms with Gasteiger partial charge < -0.3 is 11.5 Å². The van der Waals surface area contributed by atoms with Crippen LogP contribution in [0.4, 0.5) is 0 Å². The van der Waals surface area contributed by atoms with Gasteiger partial charge in [-0.3, -0.25) is 9.59 Å². The number of nitrogens with two attached hydrogens (primary N) is 2. The molecule has 0 atom stereocenters. The molecule has 0 fully saturated rings. The smallest absolute Gasteiger partial charge is 0.249 e. The maximum Gasteiger partial charge on any atom is 0.249 e. The molecule has 0 aliphatic carbocycles. The molecule has 1 aromatic carbocycles. The number of rotatable bonds is 2. The van der Waals surface area contributed by atoms with E-state index in [1.807, 2.05) is 0 Å². The van der Waals surface area contributed by atoms with E-state index < -0.39 is 11.8 Å². The highest BCUT2D eigenvalue weighted by Crippen LogP contribution is 2.17. The van der Waals surface area contributed by atoms with Crippen molar-refractivity contribution in [1.82, 2.24) is 0 Å². The molecule has 4 N–H and O–H groups in total. The predicted octanol–water partition coefficient (Wildman–Crippen LogP) is 0.501. The normalized spacial score (nSPS) is 9.86. The van der Waals surface area contributed by atoms with Crippen molar-refractivity contribution in [1.29, 1.82) is 0 Å². The molecule has 1 aromatic rings. The van der Waals surface area contributed by atoms with E-state index in [2.05, 4.69) is 0 Å². The second-order valence-electron chi connectivity index (χ2n) is 3.18. The molecule has 0 saturated carbocycles. The van der Waals surface area contributed by atoms with Crippen molar-refractivity contribution < 1.29 is 9.59 Å². The van der Waals surface area contributed by atoms with Crippen LogP contribution in [0.15, 0.2) is 12.1 Å². The van der Waals surface area contributed by atoms with Crippen LogP contribution in [0.5, 0.6) is 0 Å². The maximum absolute atomic E-state index is 11.1. The lowest BCUT2D eigenvalue weighted by molar-refractivity contribution is 0.0966. The minimum Gasteiger partial charge on any atom is -0.366 e. The Bertz CT molecular complexity index is 372. The van der Waals surface area contributed by atoms with Crippen LogP contribution in [-0.4, -0.2) is 11.8 Å². The zero-order chi connectivity index (χ0) is 10.9. The van der Waals surface area contributed by atoms with Crippen molar-refractivity contribution in [3.63, 3.8) is 0 Å². The lowest BCUT2D eigenvalue weighted by Gasteiger charge is -2.09. The van der Waals surface area contributed by atoms with Gasteiger partial charge in [-0.1, -0.05) is 12.1 Å². The minimum absolute atomic E-state index is 0.220. The van der Waals surface area contributed by atoms with Crippen molar-refractivity contribution in [2.45, 2.75) is 13.8 Å². The molecule has 0 heterocycles. The molecule has 0 saturated heterocycles. The third-order valence-corrected chi connectivity index (χ3v) is 2.11. The van der Waals surface area contributed by atoms with Gasteiger partial charge in [0.1, 0.15) is 0 Å². The molecular weight excluding hydrogens is 180 g/mol. The summed E-state index contributed by atoms with van der Waals surface area (Å²) < 4.78 is 0. The van der Waals surface area contributed by atoms with E-state index in [9.17, 15) is 9.59 Å². The first-order chi connectivity index (χ1) is 6.45. The first kappa shape index (κ1) is 10.2. The van der Waals surface area contributed by atoms with Crippen LogP contribution in [0.1, 0.15) is 31.8 Å². The predicted molar refractivity (Wildman–Crippen MR) is 53.0 cm³/mol. The van der Waals surface area contributed by atoms with Crippen molar-refractivity contribution in [3.8, 4) is 0 Å². The Balaban J connectivity index is 3.58. The number of aryl methyl sites for hydroxylation is 2. The average Bonchev–Trinajstić information content (AvgIpc) is 2.07. The highest BCUT2D eigenvalue weighted by molar-refractivity contribution is 6.07. The van der Waals surface area contributed by atoms with Crippen LogP contribution in [0.3, 0.4) is 0 Å². The van der Waals surface area contributed by atoms with Crippen molar-refractivity contribution in [2.75, 3.05) is 0 Å². The van der Waals surface area contributed by atoms with E-state index in [4.69, 9.17) is 11.5 Å². The molecule has 4 nitrogen and oxygen atoms in total. The van der Waals surface area contributed by atoms with Gasteiger partial charge in [-0.25, -0.2) is 0 Å². The van der Waals surface area contributed by atoms with Crippen molar-refractivity contribution >= 4 is 11.8 Å². The summed E-state index contributed by atoms with van der Waals surface area (Å²) in [7, 11) is 0. The fourth-order valence-electron chi connectivity index (χ4n) is 1.45. The maximum atomic E-state index is 11.1. The molecule has 0 radical (unpaired) electrons. The van der Waals surface area contributed by atoms with Crippen LogP contribution in [-0.2, 0) is 0 Å². The number of carbonyl (C=O) groups is 2. The van der Waals surface area contributed by atoms with Gasteiger partial charge in [-0.15, -0.1) is 0 Å². The summed E-state index contributed by atoms with van der Waals surface area (Å²) in [5.41, 5.74) is 12.1. The molecule has 14 heavy (non-hydrogen) atoms. The van der Waals surface area contributed by atoms with Crippen molar-refractivity contribution in [3.05, 3.63) is 34.4 Å². The largest absolute Gasteiger partial charge is 0.366 e. The third-order valence-electron chi connectivity index (χ3n) is 2.11. The van der Waals surface area contributed by atoms with Gasteiger partial charge in [0.05, 0.1) is 11.1 Å². The van der Waals surface area contributed by atoms with Crippen LogP contribution in [0, 0.1) is 13.8 Å². The summed E-state index contributed by atoms with van der Waals surface area (Å²) >= 11 is 0. The van der Waals surface area contributed by atoms with E-state index in [0.717, 1.165) is 0 Å². The Morgan fingerprint density at radius 2 is 1.21 bits per heavy atom. The second kappa shape index (κ2) is 3.49. The summed E-state index contributed by atoms with van der Waals surface area (Å²) in [4.78, 5) is 22.2. The van der Waals surface area contributed by atoms with Crippen molar-refractivity contribution in [2.24, 2.45) is 11.5 Å². The van der Waals surface area contributed by atoms with E-state index in [-0.39, 0.29) is 11.1 Å². The quantitative estimate of drug-likeness (QED) is 0.714. The van der Waals surface area contributed by atoms with Crippen LogP contribution in [0.2, 0.25) is 0 Å². The van der Waals surface area contributed by atoms with Gasteiger partial charge in [-0.2, -0.15) is 0 Å². The number of carbonyl (C=O) groups excluding carboxylic acids is 2. The van der Waals surface area contributed by atoms with E-state index in [1.165, 1.54) is 0 Å². The SMILES string of the molecule is Cc1ccc(C)c(C(N)=O)c1C(N)=O. The van der Waals surface area contributed by atoms with Crippen LogP contribution >= 0.6 is 0 Å². The molecule has 2 amide bonds. The summed E-state index contributed by atoms with van der Waals surface area (Å²) in [6, 6.07) is 3.48.